The monoisotopic (exact) mass is 265 g/mol. The molecule has 0 amide bonds. The van der Waals surface area contributed by atoms with Gasteiger partial charge in [0.05, 0.1) is 0 Å². The van der Waals surface area contributed by atoms with Crippen LogP contribution >= 0.6 is 22.9 Å². The molecule has 2 rings (SSSR count). The Hall–Kier alpha value is -0.830. The molecule has 0 radical (unpaired) electrons. The number of halogens is 1. The zero-order valence-electron chi connectivity index (χ0n) is 9.98. The van der Waals surface area contributed by atoms with Crippen molar-refractivity contribution in [3.8, 4) is 0 Å². The fourth-order valence-corrected chi connectivity index (χ4v) is 2.71. The first kappa shape index (κ1) is 12.6. The quantitative estimate of drug-likeness (QED) is 0.836. The van der Waals surface area contributed by atoms with Gasteiger partial charge in [-0.25, -0.2) is 0 Å². The molecule has 1 N–H and O–H groups in total. The third-order valence-electron chi connectivity index (χ3n) is 2.84. The standard InChI is InChI=1S/C14H16ClNS/c1-10(12-5-7-13(15)8-6-12)16-11(2)14-4-3-9-17-14/h3-11,16H,1-2H3. The molecular formula is C14H16ClNS. The van der Waals surface area contributed by atoms with Crippen LogP contribution in [0.5, 0.6) is 0 Å². The van der Waals surface area contributed by atoms with Crippen LogP contribution in [0.3, 0.4) is 0 Å². The first-order valence-corrected chi connectivity index (χ1v) is 6.97. The Morgan fingerprint density at radius 1 is 1.06 bits per heavy atom. The fourth-order valence-electron chi connectivity index (χ4n) is 1.84. The van der Waals surface area contributed by atoms with Gasteiger partial charge in [0.1, 0.15) is 0 Å². The van der Waals surface area contributed by atoms with Crippen LogP contribution in [0.15, 0.2) is 41.8 Å². The van der Waals surface area contributed by atoms with E-state index < -0.39 is 0 Å². The molecule has 0 aliphatic carbocycles. The molecule has 2 atom stereocenters. The topological polar surface area (TPSA) is 12.0 Å². The second-order valence-electron chi connectivity index (χ2n) is 4.18. The van der Waals surface area contributed by atoms with Crippen LogP contribution in [0.1, 0.15) is 36.4 Å². The van der Waals surface area contributed by atoms with Crippen LogP contribution in [0.25, 0.3) is 0 Å². The Morgan fingerprint density at radius 3 is 2.35 bits per heavy atom. The predicted molar refractivity (Wildman–Crippen MR) is 75.7 cm³/mol. The molecule has 3 heteroatoms. The van der Waals surface area contributed by atoms with Gasteiger partial charge >= 0.3 is 0 Å². The van der Waals surface area contributed by atoms with Gasteiger partial charge in [-0.3, -0.25) is 0 Å². The van der Waals surface area contributed by atoms with E-state index in [1.54, 1.807) is 11.3 Å². The second-order valence-corrected chi connectivity index (χ2v) is 5.59. The molecule has 2 unspecified atom stereocenters. The molecule has 2 aromatic rings. The van der Waals surface area contributed by atoms with Crippen LogP contribution in [0.4, 0.5) is 0 Å². The van der Waals surface area contributed by atoms with Gasteiger partial charge in [0.25, 0.3) is 0 Å². The Kier molecular flexibility index (Phi) is 4.21. The molecule has 1 aromatic carbocycles. The van der Waals surface area contributed by atoms with Crippen LogP contribution in [0.2, 0.25) is 5.02 Å². The molecule has 90 valence electrons. The van der Waals surface area contributed by atoms with Crippen LogP contribution < -0.4 is 5.32 Å². The predicted octanol–water partition coefficient (Wildman–Crippen LogP) is 4.81. The third kappa shape index (κ3) is 3.32. The first-order valence-electron chi connectivity index (χ1n) is 5.71. The zero-order chi connectivity index (χ0) is 12.3. The lowest BCUT2D eigenvalue weighted by Crippen LogP contribution is -2.21. The average molecular weight is 266 g/mol. The lowest BCUT2D eigenvalue weighted by molar-refractivity contribution is 0.500. The Labute approximate surface area is 111 Å². The van der Waals surface area contributed by atoms with Crippen molar-refractivity contribution < 1.29 is 0 Å². The summed E-state index contributed by atoms with van der Waals surface area (Å²) in [4.78, 5) is 1.37. The smallest absolute Gasteiger partial charge is 0.0406 e. The van der Waals surface area contributed by atoms with E-state index in [9.17, 15) is 0 Å². The zero-order valence-corrected chi connectivity index (χ0v) is 11.6. The van der Waals surface area contributed by atoms with E-state index in [2.05, 4.69) is 48.8 Å². The van der Waals surface area contributed by atoms with Crippen molar-refractivity contribution in [1.82, 2.24) is 5.32 Å². The summed E-state index contributed by atoms with van der Waals surface area (Å²) < 4.78 is 0. The fraction of sp³-hybridized carbons (Fsp3) is 0.286. The van der Waals surface area contributed by atoms with E-state index in [1.165, 1.54) is 10.4 Å². The number of rotatable bonds is 4. The van der Waals surface area contributed by atoms with E-state index in [0.29, 0.717) is 12.1 Å². The van der Waals surface area contributed by atoms with Gasteiger partial charge in [-0.1, -0.05) is 29.8 Å². The molecule has 0 fully saturated rings. The average Bonchev–Trinajstić information content (AvgIpc) is 2.83. The van der Waals surface area contributed by atoms with Gasteiger partial charge in [0.2, 0.25) is 0 Å². The van der Waals surface area contributed by atoms with E-state index in [4.69, 9.17) is 11.6 Å². The Balaban J connectivity index is 2.01. The molecule has 0 aliphatic rings. The summed E-state index contributed by atoms with van der Waals surface area (Å²) in [6.45, 7) is 4.37. The number of hydrogen-bond acceptors (Lipinski definition) is 2. The van der Waals surface area contributed by atoms with Gasteiger partial charge in [0.15, 0.2) is 0 Å². The molecule has 0 saturated heterocycles. The summed E-state index contributed by atoms with van der Waals surface area (Å²) >= 11 is 7.67. The van der Waals surface area contributed by atoms with Gasteiger partial charge in [0, 0.05) is 22.0 Å². The molecule has 0 aliphatic heterocycles. The van der Waals surface area contributed by atoms with E-state index in [-0.39, 0.29) is 0 Å². The minimum absolute atomic E-state index is 0.323. The van der Waals surface area contributed by atoms with Gasteiger partial charge in [-0.15, -0.1) is 11.3 Å². The van der Waals surface area contributed by atoms with Crippen LogP contribution in [0, 0.1) is 0 Å². The second kappa shape index (κ2) is 5.67. The summed E-state index contributed by atoms with van der Waals surface area (Å²) in [6.07, 6.45) is 0. The summed E-state index contributed by atoms with van der Waals surface area (Å²) in [7, 11) is 0. The van der Waals surface area contributed by atoms with Gasteiger partial charge in [-0.05, 0) is 43.0 Å². The number of benzene rings is 1. The van der Waals surface area contributed by atoms with Gasteiger partial charge in [-0.2, -0.15) is 0 Å². The van der Waals surface area contributed by atoms with Crippen molar-refractivity contribution in [2.75, 3.05) is 0 Å². The molecule has 0 saturated carbocycles. The number of nitrogens with one attached hydrogen (secondary N) is 1. The summed E-state index contributed by atoms with van der Waals surface area (Å²) in [5.74, 6) is 0. The van der Waals surface area contributed by atoms with Crippen molar-refractivity contribution in [1.29, 1.82) is 0 Å². The van der Waals surface area contributed by atoms with Crippen molar-refractivity contribution >= 4 is 22.9 Å². The molecule has 17 heavy (non-hydrogen) atoms. The highest BCUT2D eigenvalue weighted by atomic mass is 35.5. The van der Waals surface area contributed by atoms with Crippen LogP contribution in [-0.4, -0.2) is 0 Å². The Morgan fingerprint density at radius 2 is 1.76 bits per heavy atom. The highest BCUT2D eigenvalue weighted by Crippen LogP contribution is 2.23. The van der Waals surface area contributed by atoms with Crippen molar-refractivity contribution in [3.05, 3.63) is 57.2 Å². The van der Waals surface area contributed by atoms with E-state index >= 15 is 0 Å². The summed E-state index contributed by atoms with van der Waals surface area (Å²) in [6, 6.07) is 13.0. The maximum Gasteiger partial charge on any atom is 0.0406 e. The highest BCUT2D eigenvalue weighted by molar-refractivity contribution is 7.10. The number of hydrogen-bond donors (Lipinski definition) is 1. The molecule has 1 heterocycles. The highest BCUT2D eigenvalue weighted by Gasteiger charge is 2.11. The maximum absolute atomic E-state index is 5.88. The summed E-state index contributed by atoms with van der Waals surface area (Å²) in [5, 5.41) is 6.48. The first-order chi connectivity index (χ1) is 8.16. The largest absolute Gasteiger partial charge is 0.303 e. The third-order valence-corrected chi connectivity index (χ3v) is 4.15. The molecule has 1 nitrogen and oxygen atoms in total. The minimum atomic E-state index is 0.323. The van der Waals surface area contributed by atoms with E-state index in [1.807, 2.05) is 12.1 Å². The SMILES string of the molecule is CC(NC(C)c1cccs1)c1ccc(Cl)cc1. The van der Waals surface area contributed by atoms with Gasteiger partial charge < -0.3 is 5.32 Å². The van der Waals surface area contributed by atoms with E-state index in [0.717, 1.165) is 5.02 Å². The molecule has 0 spiro atoms. The van der Waals surface area contributed by atoms with Crippen LogP contribution in [-0.2, 0) is 0 Å². The summed E-state index contributed by atoms with van der Waals surface area (Å²) in [5.41, 5.74) is 1.26. The van der Waals surface area contributed by atoms with Crippen molar-refractivity contribution in [2.24, 2.45) is 0 Å². The molecular weight excluding hydrogens is 250 g/mol. The lowest BCUT2D eigenvalue weighted by Gasteiger charge is -2.19. The molecule has 1 aromatic heterocycles. The number of thiophene rings is 1. The molecule has 0 bridgehead atoms. The lowest BCUT2D eigenvalue weighted by atomic mass is 10.1. The normalized spacial score (nSPS) is 14.5. The van der Waals surface area contributed by atoms with Crippen molar-refractivity contribution in [3.63, 3.8) is 0 Å². The minimum Gasteiger partial charge on any atom is -0.303 e. The Bertz CT molecular complexity index is 450. The van der Waals surface area contributed by atoms with Crippen molar-refractivity contribution in [2.45, 2.75) is 25.9 Å². The maximum atomic E-state index is 5.88.